The van der Waals surface area contributed by atoms with Gasteiger partial charge in [0.15, 0.2) is 4.80 Å². The van der Waals surface area contributed by atoms with E-state index in [2.05, 4.69) is 25.8 Å². The van der Waals surface area contributed by atoms with Gasteiger partial charge in [-0.2, -0.15) is 13.2 Å². The molecule has 4 nitrogen and oxygen atoms in total. The summed E-state index contributed by atoms with van der Waals surface area (Å²) in [6.07, 6.45) is -0.336. The first-order valence-corrected chi connectivity index (χ1v) is 11.5. The van der Waals surface area contributed by atoms with Crippen LogP contribution in [-0.2, 0) is 22.9 Å². The maximum absolute atomic E-state index is 13.3. The molecule has 0 spiro atoms. The van der Waals surface area contributed by atoms with Gasteiger partial charge in [-0.15, -0.1) is 11.3 Å². The highest BCUT2D eigenvalue weighted by molar-refractivity contribution is 7.80. The molecule has 0 aliphatic carbocycles. The molecule has 0 N–H and O–H groups in total. The summed E-state index contributed by atoms with van der Waals surface area (Å²) in [6, 6.07) is 3.32. The summed E-state index contributed by atoms with van der Waals surface area (Å²) in [4.78, 5) is 6.41. The molecule has 1 aliphatic heterocycles. The predicted octanol–water partition coefficient (Wildman–Crippen LogP) is 5.72. The van der Waals surface area contributed by atoms with Crippen LogP contribution in [0.5, 0.6) is 5.75 Å². The van der Waals surface area contributed by atoms with E-state index in [9.17, 15) is 13.2 Å². The lowest BCUT2D eigenvalue weighted by molar-refractivity contribution is -0.137. The number of nitrogens with zero attached hydrogens (tertiary/aromatic N) is 2. The normalized spacial score (nSPS) is 17.9. The van der Waals surface area contributed by atoms with Gasteiger partial charge in [-0.1, -0.05) is 33.0 Å². The standard InChI is InChI=1S/C22H27F3N2O2S2/c1-5-28-17-9-8-14(22(23,24)25)11-16(17)19(30)26-20-27(12-15-7-6-10-29-15)13-18(31-20)21(2,3)4/h8-9,11,13,15H,5-7,10,12H2,1-4H3/b26-20-. The third-order valence-electron chi connectivity index (χ3n) is 4.92. The van der Waals surface area contributed by atoms with Gasteiger partial charge in [-0.25, -0.2) is 4.99 Å². The minimum absolute atomic E-state index is 0.0675. The Morgan fingerprint density at radius 3 is 2.65 bits per heavy atom. The first kappa shape index (κ1) is 23.9. The lowest BCUT2D eigenvalue weighted by Gasteiger charge is -2.15. The van der Waals surface area contributed by atoms with Gasteiger partial charge in [-0.3, -0.25) is 0 Å². The van der Waals surface area contributed by atoms with Crippen molar-refractivity contribution in [1.82, 2.24) is 4.57 Å². The lowest BCUT2D eigenvalue weighted by atomic mass is 9.95. The summed E-state index contributed by atoms with van der Waals surface area (Å²) in [7, 11) is 0. The first-order valence-electron chi connectivity index (χ1n) is 10.2. The van der Waals surface area contributed by atoms with Gasteiger partial charge >= 0.3 is 6.18 Å². The minimum atomic E-state index is -4.48. The maximum atomic E-state index is 13.3. The van der Waals surface area contributed by atoms with E-state index in [1.165, 1.54) is 17.4 Å². The molecule has 31 heavy (non-hydrogen) atoms. The van der Waals surface area contributed by atoms with Crippen LogP contribution < -0.4 is 9.54 Å². The van der Waals surface area contributed by atoms with Crippen LogP contribution in [0.25, 0.3) is 0 Å². The van der Waals surface area contributed by atoms with Crippen molar-refractivity contribution in [1.29, 1.82) is 0 Å². The van der Waals surface area contributed by atoms with Crippen LogP contribution in [0.15, 0.2) is 29.4 Å². The Hall–Kier alpha value is -1.71. The number of rotatable bonds is 5. The molecule has 1 unspecified atom stereocenters. The van der Waals surface area contributed by atoms with Crippen molar-refractivity contribution in [2.24, 2.45) is 4.99 Å². The molecule has 1 aliphatic rings. The van der Waals surface area contributed by atoms with Crippen molar-refractivity contribution in [2.75, 3.05) is 13.2 Å². The van der Waals surface area contributed by atoms with Crippen LogP contribution in [0.4, 0.5) is 13.2 Å². The third-order valence-corrected chi connectivity index (χ3v) is 6.68. The number of hydrogen-bond donors (Lipinski definition) is 0. The number of hydrogen-bond acceptors (Lipinski definition) is 4. The quantitative estimate of drug-likeness (QED) is 0.522. The van der Waals surface area contributed by atoms with E-state index in [4.69, 9.17) is 21.7 Å². The second-order valence-electron chi connectivity index (χ2n) is 8.47. The van der Waals surface area contributed by atoms with Gasteiger partial charge in [0.05, 0.1) is 30.4 Å². The average Bonchev–Trinajstić information content (AvgIpc) is 3.32. The molecular formula is C22H27F3N2O2S2. The fourth-order valence-electron chi connectivity index (χ4n) is 3.25. The van der Waals surface area contributed by atoms with E-state index in [0.717, 1.165) is 36.5 Å². The Balaban J connectivity index is 2.05. The largest absolute Gasteiger partial charge is 0.493 e. The molecule has 0 bridgehead atoms. The molecule has 1 saturated heterocycles. The number of thiazole rings is 1. The molecule has 170 valence electrons. The summed E-state index contributed by atoms with van der Waals surface area (Å²) in [5.41, 5.74) is -0.705. The number of benzene rings is 1. The molecule has 1 aromatic heterocycles. The molecule has 0 amide bonds. The number of thiocarbonyl (C=S) groups is 1. The number of halogens is 3. The van der Waals surface area contributed by atoms with Crippen LogP contribution in [0.2, 0.25) is 0 Å². The van der Waals surface area contributed by atoms with Crippen molar-refractivity contribution in [3.05, 3.63) is 45.2 Å². The Labute approximate surface area is 189 Å². The number of alkyl halides is 3. The highest BCUT2D eigenvalue weighted by Crippen LogP contribution is 2.33. The molecule has 2 heterocycles. The molecule has 1 atom stereocenters. The van der Waals surface area contributed by atoms with Crippen LogP contribution in [-0.4, -0.2) is 28.9 Å². The average molecular weight is 473 g/mol. The smallest absolute Gasteiger partial charge is 0.416 e. The third kappa shape index (κ3) is 5.96. The van der Waals surface area contributed by atoms with E-state index in [1.807, 2.05) is 10.8 Å². The van der Waals surface area contributed by atoms with Crippen molar-refractivity contribution in [3.63, 3.8) is 0 Å². The monoisotopic (exact) mass is 472 g/mol. The fourth-order valence-corrected chi connectivity index (χ4v) is 4.62. The Morgan fingerprint density at radius 2 is 2.06 bits per heavy atom. The Kier molecular flexibility index (Phi) is 7.28. The van der Waals surface area contributed by atoms with Crippen LogP contribution in [0, 0.1) is 0 Å². The van der Waals surface area contributed by atoms with E-state index in [0.29, 0.717) is 23.7 Å². The molecule has 1 aromatic carbocycles. The summed E-state index contributed by atoms with van der Waals surface area (Å²) in [6.45, 7) is 9.79. The van der Waals surface area contributed by atoms with E-state index in [-0.39, 0.29) is 22.1 Å². The van der Waals surface area contributed by atoms with Crippen LogP contribution >= 0.6 is 23.6 Å². The van der Waals surface area contributed by atoms with Crippen LogP contribution in [0.3, 0.4) is 0 Å². The summed E-state index contributed by atoms with van der Waals surface area (Å²) in [5, 5.41) is 0. The van der Waals surface area contributed by atoms with Gasteiger partial charge in [0.1, 0.15) is 10.7 Å². The van der Waals surface area contributed by atoms with Gasteiger partial charge in [0.25, 0.3) is 0 Å². The zero-order valence-corrected chi connectivity index (χ0v) is 19.7. The second-order valence-corrected chi connectivity index (χ2v) is 9.87. The van der Waals surface area contributed by atoms with E-state index in [1.54, 1.807) is 6.92 Å². The van der Waals surface area contributed by atoms with Crippen molar-refractivity contribution >= 4 is 28.5 Å². The fraction of sp³-hybridized carbons (Fsp3) is 0.545. The molecule has 1 fully saturated rings. The van der Waals surface area contributed by atoms with Crippen molar-refractivity contribution in [3.8, 4) is 5.75 Å². The van der Waals surface area contributed by atoms with Gasteiger partial charge < -0.3 is 14.0 Å². The summed E-state index contributed by atoms with van der Waals surface area (Å²) in [5.74, 6) is 0.294. The maximum Gasteiger partial charge on any atom is 0.416 e. The highest BCUT2D eigenvalue weighted by Gasteiger charge is 2.31. The minimum Gasteiger partial charge on any atom is -0.493 e. The Morgan fingerprint density at radius 1 is 1.32 bits per heavy atom. The van der Waals surface area contributed by atoms with E-state index >= 15 is 0 Å². The van der Waals surface area contributed by atoms with Gasteiger partial charge in [-0.05, 0) is 43.4 Å². The molecule has 9 heteroatoms. The van der Waals surface area contributed by atoms with Crippen molar-refractivity contribution < 1.29 is 22.6 Å². The number of aromatic nitrogens is 1. The van der Waals surface area contributed by atoms with Crippen molar-refractivity contribution in [2.45, 2.75) is 64.8 Å². The zero-order chi connectivity index (χ0) is 22.8. The molecule has 3 rings (SSSR count). The lowest BCUT2D eigenvalue weighted by Crippen LogP contribution is -2.23. The topological polar surface area (TPSA) is 35.8 Å². The highest BCUT2D eigenvalue weighted by atomic mass is 32.1. The second kappa shape index (κ2) is 9.42. The summed E-state index contributed by atoms with van der Waals surface area (Å²) < 4.78 is 53.1. The molecule has 2 aromatic rings. The molecule has 0 radical (unpaired) electrons. The predicted molar refractivity (Wildman–Crippen MR) is 120 cm³/mol. The van der Waals surface area contributed by atoms with Gasteiger partial charge in [0.2, 0.25) is 0 Å². The Bertz CT molecular complexity index is 997. The SMILES string of the molecule is CCOc1ccc(C(F)(F)F)cc1C(=S)/N=c1\sc(C(C)(C)C)cn1CC1CCCO1. The summed E-state index contributed by atoms with van der Waals surface area (Å²) >= 11 is 6.97. The van der Waals surface area contributed by atoms with Gasteiger partial charge in [0, 0.05) is 17.7 Å². The van der Waals surface area contributed by atoms with Crippen LogP contribution in [0.1, 0.15) is 56.5 Å². The first-order chi connectivity index (χ1) is 14.5. The van der Waals surface area contributed by atoms with E-state index < -0.39 is 11.7 Å². The number of ether oxygens (including phenoxy) is 2. The molecular weight excluding hydrogens is 445 g/mol. The zero-order valence-electron chi connectivity index (χ0n) is 18.1. The molecule has 0 saturated carbocycles.